The Bertz CT molecular complexity index is 563. The lowest BCUT2D eigenvalue weighted by molar-refractivity contribution is -0.138. The Morgan fingerprint density at radius 2 is 2.00 bits per heavy atom. The highest BCUT2D eigenvalue weighted by Gasteiger charge is 2.41. The molecule has 2 fully saturated rings. The van der Waals surface area contributed by atoms with Crippen LogP contribution in [0.15, 0.2) is 4.52 Å². The quantitative estimate of drug-likeness (QED) is 0.810. The fourth-order valence-corrected chi connectivity index (χ4v) is 3.73. The zero-order valence-corrected chi connectivity index (χ0v) is 15.1. The molecule has 0 unspecified atom stereocenters. The average molecular weight is 335 g/mol. The van der Waals surface area contributed by atoms with Crippen LogP contribution in [0.2, 0.25) is 0 Å². The molecule has 1 aromatic rings. The minimum Gasteiger partial charge on any atom is -0.341 e. The molecule has 3 heterocycles. The zero-order chi connectivity index (χ0) is 17.2. The number of rotatable bonds is 5. The van der Waals surface area contributed by atoms with Crippen LogP contribution in [-0.2, 0) is 11.2 Å². The summed E-state index contributed by atoms with van der Waals surface area (Å²) in [5.41, 5.74) is 0.272. The van der Waals surface area contributed by atoms with Crippen molar-refractivity contribution in [2.24, 2.45) is 5.41 Å². The molecule has 0 bridgehead atoms. The van der Waals surface area contributed by atoms with E-state index in [4.69, 9.17) is 4.52 Å². The molecule has 0 N–H and O–H groups in total. The number of carbonyl (C=O) groups excluding carboxylic acids is 1. The van der Waals surface area contributed by atoms with Crippen LogP contribution in [0, 0.1) is 5.41 Å². The van der Waals surface area contributed by atoms with Gasteiger partial charge in [-0.1, -0.05) is 6.92 Å². The summed E-state index contributed by atoms with van der Waals surface area (Å²) in [6.45, 7) is 6.57. The second-order valence-electron chi connectivity index (χ2n) is 7.45. The smallest absolute Gasteiger partial charge is 0.266 e. The molecule has 3 rings (SSSR count). The number of nitrogens with zero attached hydrogens (tertiary/aromatic N) is 5. The fraction of sp³-hybridized carbons (Fsp3) is 0.824. The Hall–Kier alpha value is -1.63. The number of carbonyl (C=O) groups is 1. The van der Waals surface area contributed by atoms with E-state index in [2.05, 4.69) is 38.9 Å². The van der Waals surface area contributed by atoms with E-state index in [0.717, 1.165) is 64.4 Å². The maximum atomic E-state index is 12.2. The van der Waals surface area contributed by atoms with E-state index in [1.165, 1.54) is 0 Å². The maximum Gasteiger partial charge on any atom is 0.266 e. The highest BCUT2D eigenvalue weighted by atomic mass is 16.5. The molecular weight excluding hydrogens is 306 g/mol. The van der Waals surface area contributed by atoms with E-state index in [0.29, 0.717) is 18.2 Å². The lowest BCUT2D eigenvalue weighted by atomic mass is 9.72. The second-order valence-corrected chi connectivity index (χ2v) is 7.45. The molecule has 0 aliphatic carbocycles. The normalized spacial score (nSPS) is 21.1. The standard InChI is InChI=1S/C17H29N5O2/c1-4-14-18-16(19-24-14)21-9-7-17(8-10-21)6-5-15(23)22(13-17)12-11-20(2)3/h4-13H2,1-3H3. The van der Waals surface area contributed by atoms with E-state index >= 15 is 0 Å². The maximum absolute atomic E-state index is 12.2. The van der Waals surface area contributed by atoms with Gasteiger partial charge in [0.15, 0.2) is 0 Å². The van der Waals surface area contributed by atoms with Gasteiger partial charge in [-0.15, -0.1) is 0 Å². The van der Waals surface area contributed by atoms with Crippen LogP contribution in [-0.4, -0.2) is 72.7 Å². The molecule has 0 aromatic carbocycles. The SMILES string of the molecule is CCc1nc(N2CCC3(CCC(=O)N(CCN(C)C)C3)CC2)no1. The zero-order valence-electron chi connectivity index (χ0n) is 15.1. The number of hydrogen-bond acceptors (Lipinski definition) is 6. The van der Waals surface area contributed by atoms with Gasteiger partial charge in [-0.25, -0.2) is 0 Å². The van der Waals surface area contributed by atoms with Gasteiger partial charge in [0.05, 0.1) is 0 Å². The van der Waals surface area contributed by atoms with Gasteiger partial charge in [-0.3, -0.25) is 4.79 Å². The summed E-state index contributed by atoms with van der Waals surface area (Å²) < 4.78 is 5.23. The van der Waals surface area contributed by atoms with Gasteiger partial charge in [0, 0.05) is 45.6 Å². The van der Waals surface area contributed by atoms with Crippen LogP contribution in [0.3, 0.4) is 0 Å². The largest absolute Gasteiger partial charge is 0.341 e. The number of piperidine rings is 2. The van der Waals surface area contributed by atoms with E-state index < -0.39 is 0 Å². The molecule has 7 nitrogen and oxygen atoms in total. The number of likely N-dealkylation sites (N-methyl/N-ethyl adjacent to an activating group) is 1. The predicted octanol–water partition coefficient (Wildman–Crippen LogP) is 1.40. The summed E-state index contributed by atoms with van der Waals surface area (Å²) in [4.78, 5) is 23.1. The monoisotopic (exact) mass is 335 g/mol. The highest BCUT2D eigenvalue weighted by Crippen LogP contribution is 2.40. The minimum atomic E-state index is 0.272. The first-order valence-corrected chi connectivity index (χ1v) is 9.01. The molecule has 0 radical (unpaired) electrons. The van der Waals surface area contributed by atoms with Gasteiger partial charge in [0.2, 0.25) is 11.8 Å². The van der Waals surface area contributed by atoms with Crippen molar-refractivity contribution in [3.63, 3.8) is 0 Å². The van der Waals surface area contributed by atoms with E-state index in [1.54, 1.807) is 0 Å². The molecule has 134 valence electrons. The van der Waals surface area contributed by atoms with Crippen LogP contribution in [0.5, 0.6) is 0 Å². The average Bonchev–Trinajstić information content (AvgIpc) is 3.06. The Morgan fingerprint density at radius 1 is 1.25 bits per heavy atom. The molecular formula is C17H29N5O2. The van der Waals surface area contributed by atoms with Crippen molar-refractivity contribution in [2.75, 3.05) is 51.7 Å². The Morgan fingerprint density at radius 3 is 2.62 bits per heavy atom. The molecule has 0 saturated carbocycles. The predicted molar refractivity (Wildman–Crippen MR) is 91.9 cm³/mol. The van der Waals surface area contributed by atoms with Crippen molar-refractivity contribution in [1.29, 1.82) is 0 Å². The fourth-order valence-electron chi connectivity index (χ4n) is 3.73. The van der Waals surface area contributed by atoms with Crippen LogP contribution in [0.25, 0.3) is 0 Å². The summed E-state index contributed by atoms with van der Waals surface area (Å²) in [5.74, 6) is 1.73. The van der Waals surface area contributed by atoms with Crippen LogP contribution < -0.4 is 4.90 Å². The summed E-state index contributed by atoms with van der Waals surface area (Å²) in [6.07, 6.45) is 4.66. The Balaban J connectivity index is 1.58. The third-order valence-electron chi connectivity index (χ3n) is 5.43. The molecule has 2 aliphatic heterocycles. The van der Waals surface area contributed by atoms with Crippen molar-refractivity contribution in [2.45, 2.75) is 39.0 Å². The van der Waals surface area contributed by atoms with Gasteiger partial charge in [-0.2, -0.15) is 4.98 Å². The van der Waals surface area contributed by atoms with Crippen LogP contribution in [0.1, 0.15) is 38.5 Å². The van der Waals surface area contributed by atoms with Gasteiger partial charge < -0.3 is 19.2 Å². The van der Waals surface area contributed by atoms with E-state index in [9.17, 15) is 4.79 Å². The Kier molecular flexibility index (Phi) is 5.08. The highest BCUT2D eigenvalue weighted by molar-refractivity contribution is 5.77. The second kappa shape index (κ2) is 7.09. The third-order valence-corrected chi connectivity index (χ3v) is 5.43. The molecule has 1 aromatic heterocycles. The van der Waals surface area contributed by atoms with Crippen molar-refractivity contribution >= 4 is 11.9 Å². The van der Waals surface area contributed by atoms with Crippen molar-refractivity contribution in [1.82, 2.24) is 19.9 Å². The number of aryl methyl sites for hydroxylation is 1. The molecule has 0 atom stereocenters. The van der Waals surface area contributed by atoms with Gasteiger partial charge >= 0.3 is 0 Å². The molecule has 2 aliphatic rings. The minimum absolute atomic E-state index is 0.272. The number of amides is 1. The molecule has 1 spiro atoms. The van der Waals surface area contributed by atoms with Crippen molar-refractivity contribution < 1.29 is 9.32 Å². The summed E-state index contributed by atoms with van der Waals surface area (Å²) in [7, 11) is 4.11. The number of hydrogen-bond donors (Lipinski definition) is 0. The molecule has 2 saturated heterocycles. The topological polar surface area (TPSA) is 65.7 Å². The molecule has 24 heavy (non-hydrogen) atoms. The lowest BCUT2D eigenvalue weighted by Gasteiger charge is -2.47. The van der Waals surface area contributed by atoms with Crippen LogP contribution in [0.4, 0.5) is 5.95 Å². The van der Waals surface area contributed by atoms with Gasteiger partial charge in [-0.05, 0) is 43.9 Å². The summed E-state index contributed by atoms with van der Waals surface area (Å²) in [6, 6.07) is 0. The van der Waals surface area contributed by atoms with E-state index in [1.807, 2.05) is 6.92 Å². The Labute approximate surface area is 144 Å². The first-order chi connectivity index (χ1) is 11.5. The number of anilines is 1. The summed E-state index contributed by atoms with van der Waals surface area (Å²) >= 11 is 0. The number of likely N-dealkylation sites (tertiary alicyclic amines) is 1. The first kappa shape index (κ1) is 17.2. The third kappa shape index (κ3) is 3.71. The van der Waals surface area contributed by atoms with E-state index in [-0.39, 0.29) is 5.41 Å². The van der Waals surface area contributed by atoms with Crippen LogP contribution >= 0.6 is 0 Å². The lowest BCUT2D eigenvalue weighted by Crippen LogP contribution is -2.52. The van der Waals surface area contributed by atoms with Gasteiger partial charge in [0.25, 0.3) is 5.95 Å². The molecule has 1 amide bonds. The van der Waals surface area contributed by atoms with Gasteiger partial charge in [0.1, 0.15) is 0 Å². The first-order valence-electron chi connectivity index (χ1n) is 9.01. The van der Waals surface area contributed by atoms with Crippen molar-refractivity contribution in [3.05, 3.63) is 5.89 Å². The van der Waals surface area contributed by atoms with Crippen molar-refractivity contribution in [3.8, 4) is 0 Å². The summed E-state index contributed by atoms with van der Waals surface area (Å²) in [5, 5.41) is 4.09. The number of aromatic nitrogens is 2. The molecule has 7 heteroatoms.